The van der Waals surface area contributed by atoms with Crippen LogP contribution in [-0.4, -0.2) is 59.5 Å². The summed E-state index contributed by atoms with van der Waals surface area (Å²) in [4.78, 5) is 28.5. The highest BCUT2D eigenvalue weighted by molar-refractivity contribution is 6.00. The van der Waals surface area contributed by atoms with Gasteiger partial charge in [0.1, 0.15) is 23.4 Å². The number of fused-ring (bicyclic) bond motifs is 2. The predicted molar refractivity (Wildman–Crippen MR) is 107 cm³/mol. The highest BCUT2D eigenvalue weighted by atomic mass is 19.1. The molecule has 0 spiro atoms. The number of aromatic amines is 1. The Hall–Kier alpha value is -3.00. The molecule has 146 valence electrons. The van der Waals surface area contributed by atoms with Crippen LogP contribution in [0.4, 0.5) is 15.9 Å². The lowest BCUT2D eigenvalue weighted by atomic mass is 10.2. The number of benzene rings is 1. The van der Waals surface area contributed by atoms with E-state index in [2.05, 4.69) is 25.2 Å². The molecule has 4 rings (SSSR count). The highest BCUT2D eigenvalue weighted by Crippen LogP contribution is 2.36. The minimum absolute atomic E-state index is 0.161. The van der Waals surface area contributed by atoms with Crippen molar-refractivity contribution in [1.82, 2.24) is 25.2 Å². The molecule has 0 saturated carbocycles. The average Bonchev–Trinajstić information content (AvgIpc) is 3.28. The SMILES string of the molecule is CN(C)CCCNC(=O)c1cc2ncnc(N3CCc4cc(F)ccc43)c2[nH]1. The van der Waals surface area contributed by atoms with E-state index in [0.29, 0.717) is 35.6 Å². The number of amides is 1. The van der Waals surface area contributed by atoms with Gasteiger partial charge < -0.3 is 20.1 Å². The molecule has 0 unspecified atom stereocenters. The summed E-state index contributed by atoms with van der Waals surface area (Å²) in [5.41, 5.74) is 3.74. The second-order valence-electron chi connectivity index (χ2n) is 7.23. The number of carbonyl (C=O) groups excluding carboxylic acids is 1. The van der Waals surface area contributed by atoms with E-state index in [1.54, 1.807) is 18.2 Å². The van der Waals surface area contributed by atoms with E-state index in [0.717, 1.165) is 30.6 Å². The molecule has 8 heteroatoms. The summed E-state index contributed by atoms with van der Waals surface area (Å²) in [6.45, 7) is 2.23. The fourth-order valence-corrected chi connectivity index (χ4v) is 3.54. The maximum absolute atomic E-state index is 13.5. The van der Waals surface area contributed by atoms with Gasteiger partial charge in [0.15, 0.2) is 5.82 Å². The van der Waals surface area contributed by atoms with Crippen LogP contribution in [0.3, 0.4) is 0 Å². The van der Waals surface area contributed by atoms with Gasteiger partial charge in [-0.2, -0.15) is 0 Å². The van der Waals surface area contributed by atoms with Gasteiger partial charge in [-0.1, -0.05) is 0 Å². The van der Waals surface area contributed by atoms with E-state index in [1.165, 1.54) is 12.4 Å². The topological polar surface area (TPSA) is 77.2 Å². The van der Waals surface area contributed by atoms with Crippen molar-refractivity contribution < 1.29 is 9.18 Å². The molecule has 3 heterocycles. The maximum Gasteiger partial charge on any atom is 0.267 e. The first-order valence-electron chi connectivity index (χ1n) is 9.35. The number of nitrogens with zero attached hydrogens (tertiary/aromatic N) is 4. The van der Waals surface area contributed by atoms with Crippen LogP contribution < -0.4 is 10.2 Å². The molecule has 28 heavy (non-hydrogen) atoms. The lowest BCUT2D eigenvalue weighted by molar-refractivity contribution is 0.0948. The molecule has 0 aliphatic carbocycles. The molecule has 3 aromatic rings. The Morgan fingerprint density at radius 1 is 1.32 bits per heavy atom. The van der Waals surface area contributed by atoms with Crippen molar-refractivity contribution >= 4 is 28.4 Å². The van der Waals surface area contributed by atoms with Gasteiger partial charge in [-0.3, -0.25) is 4.79 Å². The zero-order valence-corrected chi connectivity index (χ0v) is 16.0. The number of rotatable bonds is 6. The van der Waals surface area contributed by atoms with Gasteiger partial charge in [-0.25, -0.2) is 14.4 Å². The standard InChI is InChI=1S/C20H23FN6O/c1-26(2)8-3-7-22-20(28)16-11-15-18(25-16)19(24-12-23-15)27-9-6-13-10-14(21)4-5-17(13)27/h4-5,10-12,25H,3,6-9H2,1-2H3,(H,22,28). The lowest BCUT2D eigenvalue weighted by Crippen LogP contribution is -2.27. The average molecular weight is 382 g/mol. The number of halogens is 1. The largest absolute Gasteiger partial charge is 0.351 e. The van der Waals surface area contributed by atoms with Crippen molar-refractivity contribution in [3.63, 3.8) is 0 Å². The van der Waals surface area contributed by atoms with Crippen LogP contribution in [-0.2, 0) is 6.42 Å². The Bertz CT molecular complexity index is 1020. The first-order chi connectivity index (χ1) is 13.5. The zero-order valence-electron chi connectivity index (χ0n) is 16.0. The molecule has 7 nitrogen and oxygen atoms in total. The molecule has 0 fully saturated rings. The minimum Gasteiger partial charge on any atom is -0.351 e. The highest BCUT2D eigenvalue weighted by Gasteiger charge is 2.25. The molecule has 2 N–H and O–H groups in total. The molecule has 1 aliphatic heterocycles. The van der Waals surface area contributed by atoms with Crippen LogP contribution in [0.2, 0.25) is 0 Å². The molecule has 2 aromatic heterocycles. The van der Waals surface area contributed by atoms with Gasteiger partial charge in [0.2, 0.25) is 0 Å². The molecule has 0 saturated heterocycles. The van der Waals surface area contributed by atoms with E-state index in [9.17, 15) is 9.18 Å². The first kappa shape index (κ1) is 18.4. The molecule has 1 amide bonds. The van der Waals surface area contributed by atoms with Crippen LogP contribution in [0, 0.1) is 5.82 Å². The lowest BCUT2D eigenvalue weighted by Gasteiger charge is -2.18. The van der Waals surface area contributed by atoms with E-state index < -0.39 is 0 Å². The molecule has 1 aliphatic rings. The van der Waals surface area contributed by atoms with Crippen LogP contribution in [0.1, 0.15) is 22.5 Å². The van der Waals surface area contributed by atoms with E-state index in [-0.39, 0.29) is 11.7 Å². The molecular weight excluding hydrogens is 359 g/mol. The number of anilines is 2. The van der Waals surface area contributed by atoms with E-state index in [4.69, 9.17) is 0 Å². The van der Waals surface area contributed by atoms with Gasteiger partial charge in [0.05, 0.1) is 5.52 Å². The van der Waals surface area contributed by atoms with Gasteiger partial charge >= 0.3 is 0 Å². The normalized spacial score (nSPS) is 13.4. The third-order valence-corrected chi connectivity index (χ3v) is 4.90. The number of carbonyl (C=O) groups is 1. The minimum atomic E-state index is -0.235. The van der Waals surface area contributed by atoms with Gasteiger partial charge in [-0.15, -0.1) is 0 Å². The fraction of sp³-hybridized carbons (Fsp3) is 0.350. The monoisotopic (exact) mass is 382 g/mol. The number of nitrogens with one attached hydrogen (secondary N) is 2. The summed E-state index contributed by atoms with van der Waals surface area (Å²) in [6, 6.07) is 6.53. The van der Waals surface area contributed by atoms with Crippen molar-refractivity contribution in [2.75, 3.05) is 38.6 Å². The van der Waals surface area contributed by atoms with Crippen molar-refractivity contribution in [3.05, 3.63) is 47.7 Å². The second kappa shape index (κ2) is 7.55. The van der Waals surface area contributed by atoms with Crippen LogP contribution >= 0.6 is 0 Å². The Morgan fingerprint density at radius 2 is 2.18 bits per heavy atom. The summed E-state index contributed by atoms with van der Waals surface area (Å²) in [5, 5.41) is 2.93. The zero-order chi connectivity index (χ0) is 19.7. The van der Waals surface area contributed by atoms with Gasteiger partial charge in [0.25, 0.3) is 5.91 Å². The summed E-state index contributed by atoms with van der Waals surface area (Å²) in [5.74, 6) is 0.301. The maximum atomic E-state index is 13.5. The van der Waals surface area contributed by atoms with Crippen molar-refractivity contribution in [2.24, 2.45) is 0 Å². The van der Waals surface area contributed by atoms with Crippen molar-refractivity contribution in [2.45, 2.75) is 12.8 Å². The first-order valence-corrected chi connectivity index (χ1v) is 9.35. The number of H-pyrrole nitrogens is 1. The Morgan fingerprint density at radius 3 is 3.00 bits per heavy atom. The predicted octanol–water partition coefficient (Wildman–Crippen LogP) is 2.47. The summed E-state index contributed by atoms with van der Waals surface area (Å²) in [6.07, 6.45) is 3.12. The van der Waals surface area contributed by atoms with Crippen LogP contribution in [0.25, 0.3) is 11.0 Å². The number of hydrogen-bond acceptors (Lipinski definition) is 5. The van der Waals surface area contributed by atoms with E-state index >= 15 is 0 Å². The summed E-state index contributed by atoms with van der Waals surface area (Å²) in [7, 11) is 4.01. The van der Waals surface area contributed by atoms with Gasteiger partial charge in [0, 0.05) is 18.8 Å². The smallest absolute Gasteiger partial charge is 0.267 e. The molecule has 0 radical (unpaired) electrons. The number of hydrogen-bond donors (Lipinski definition) is 2. The van der Waals surface area contributed by atoms with Crippen LogP contribution in [0.5, 0.6) is 0 Å². The summed E-state index contributed by atoms with van der Waals surface area (Å²) >= 11 is 0. The molecule has 0 atom stereocenters. The van der Waals surface area contributed by atoms with Crippen molar-refractivity contribution in [1.29, 1.82) is 0 Å². The second-order valence-corrected chi connectivity index (χ2v) is 7.23. The quantitative estimate of drug-likeness (QED) is 0.641. The molecule has 1 aromatic carbocycles. The molecular formula is C20H23FN6O. The third kappa shape index (κ3) is 3.55. The molecule has 0 bridgehead atoms. The Balaban J connectivity index is 1.58. The van der Waals surface area contributed by atoms with Crippen LogP contribution in [0.15, 0.2) is 30.6 Å². The van der Waals surface area contributed by atoms with Gasteiger partial charge in [-0.05, 0) is 63.3 Å². The van der Waals surface area contributed by atoms with E-state index in [1.807, 2.05) is 19.0 Å². The summed E-state index contributed by atoms with van der Waals surface area (Å²) < 4.78 is 13.5. The Labute approximate surface area is 162 Å². The van der Waals surface area contributed by atoms with Crippen molar-refractivity contribution in [3.8, 4) is 0 Å². The third-order valence-electron chi connectivity index (χ3n) is 4.90. The number of aromatic nitrogens is 3. The fourth-order valence-electron chi connectivity index (χ4n) is 3.54. The Kier molecular flexibility index (Phi) is 4.95.